The second-order valence-electron chi connectivity index (χ2n) is 4.46. The van der Waals surface area contributed by atoms with Gasteiger partial charge < -0.3 is 36.9 Å². The fraction of sp³-hybridized carbons (Fsp3) is 0.727. The molecule has 0 aliphatic rings. The van der Waals surface area contributed by atoms with Crippen LogP contribution in [0.1, 0.15) is 13.8 Å². The monoisotopic (exact) mass is 307 g/mol. The molecule has 0 saturated carbocycles. The normalized spacial score (nSPS) is 18.0. The molecule has 0 radical (unpaired) electrons. The summed E-state index contributed by atoms with van der Waals surface area (Å²) in [7, 11) is 0. The van der Waals surface area contributed by atoms with Crippen molar-refractivity contribution in [2.75, 3.05) is 6.61 Å². The van der Waals surface area contributed by atoms with E-state index in [0.717, 1.165) is 0 Å². The molecule has 21 heavy (non-hydrogen) atoms. The molecule has 0 heterocycles. The largest absolute Gasteiger partial charge is 0.480 e. The molecule has 0 unspecified atom stereocenters. The summed E-state index contributed by atoms with van der Waals surface area (Å²) in [6.07, 6.45) is -2.18. The highest BCUT2D eigenvalue weighted by molar-refractivity contribution is 5.80. The zero-order valence-electron chi connectivity index (χ0n) is 11.8. The molecule has 10 heteroatoms. The van der Waals surface area contributed by atoms with Crippen molar-refractivity contribution >= 4 is 17.9 Å². The van der Waals surface area contributed by atoms with Crippen LogP contribution in [-0.2, 0) is 23.9 Å². The standard InChI is InChI=1S/C11H21N3O7/c1-4(7(13)9(16)17)21-11(19)8(14)5(2)20-10(18)6(12)3-15/h4-8,15H,3,12-14H2,1-2H3,(H,16,17)/t4-,5-,6+,7+,8+/m1/s1. The number of aliphatic hydroxyl groups excluding tert-OH is 1. The van der Waals surface area contributed by atoms with Crippen molar-refractivity contribution in [3.8, 4) is 0 Å². The van der Waals surface area contributed by atoms with Gasteiger partial charge in [0.2, 0.25) is 0 Å². The quantitative estimate of drug-likeness (QED) is 0.287. The lowest BCUT2D eigenvalue weighted by atomic mass is 10.1. The van der Waals surface area contributed by atoms with Gasteiger partial charge in [-0.1, -0.05) is 0 Å². The van der Waals surface area contributed by atoms with E-state index in [-0.39, 0.29) is 0 Å². The van der Waals surface area contributed by atoms with Gasteiger partial charge in [0.05, 0.1) is 6.61 Å². The summed E-state index contributed by atoms with van der Waals surface area (Å²) >= 11 is 0. The Bertz CT molecular complexity index is 390. The Balaban J connectivity index is 4.50. The van der Waals surface area contributed by atoms with E-state index in [2.05, 4.69) is 0 Å². The van der Waals surface area contributed by atoms with Crippen LogP contribution in [0, 0.1) is 0 Å². The zero-order valence-corrected chi connectivity index (χ0v) is 11.8. The van der Waals surface area contributed by atoms with E-state index >= 15 is 0 Å². The van der Waals surface area contributed by atoms with Crippen molar-refractivity contribution in [3.63, 3.8) is 0 Å². The number of nitrogens with two attached hydrogens (primary N) is 3. The summed E-state index contributed by atoms with van der Waals surface area (Å²) in [5.74, 6) is -3.24. The maximum atomic E-state index is 11.7. The first-order valence-corrected chi connectivity index (χ1v) is 6.13. The summed E-state index contributed by atoms with van der Waals surface area (Å²) in [5, 5.41) is 17.3. The zero-order chi connectivity index (χ0) is 16.7. The van der Waals surface area contributed by atoms with Crippen molar-refractivity contribution in [3.05, 3.63) is 0 Å². The number of hydrogen-bond acceptors (Lipinski definition) is 9. The van der Waals surface area contributed by atoms with E-state index in [0.29, 0.717) is 0 Å². The highest BCUT2D eigenvalue weighted by Gasteiger charge is 2.31. The van der Waals surface area contributed by atoms with E-state index in [9.17, 15) is 14.4 Å². The van der Waals surface area contributed by atoms with E-state index in [1.807, 2.05) is 0 Å². The van der Waals surface area contributed by atoms with E-state index in [1.165, 1.54) is 13.8 Å². The Labute approximate surface area is 121 Å². The molecule has 0 rings (SSSR count). The number of carbonyl (C=O) groups excluding carboxylic acids is 2. The minimum atomic E-state index is -1.40. The molecule has 0 saturated heterocycles. The van der Waals surface area contributed by atoms with Crippen LogP contribution in [0.15, 0.2) is 0 Å². The lowest BCUT2D eigenvalue weighted by Crippen LogP contribution is -2.50. The minimum absolute atomic E-state index is 0.615. The number of carboxylic acids is 1. The SMILES string of the molecule is C[C@@H](OC(=O)[C@@H](N)[C@@H](C)OC(=O)[C@@H](N)CO)[C@H](N)C(=O)O. The maximum absolute atomic E-state index is 11.7. The first kappa shape index (κ1) is 19.2. The third-order valence-corrected chi connectivity index (χ3v) is 2.67. The van der Waals surface area contributed by atoms with Crippen LogP contribution < -0.4 is 17.2 Å². The van der Waals surface area contributed by atoms with Crippen LogP contribution in [0.25, 0.3) is 0 Å². The molecular weight excluding hydrogens is 286 g/mol. The Kier molecular flexibility index (Phi) is 7.81. The van der Waals surface area contributed by atoms with Crippen LogP contribution in [-0.4, -0.2) is 65.1 Å². The molecule has 0 spiro atoms. The van der Waals surface area contributed by atoms with Crippen LogP contribution in [0.2, 0.25) is 0 Å². The third-order valence-electron chi connectivity index (χ3n) is 2.67. The Morgan fingerprint density at radius 2 is 1.38 bits per heavy atom. The molecular formula is C11H21N3O7. The molecule has 10 nitrogen and oxygen atoms in total. The smallest absolute Gasteiger partial charge is 0.327 e. The van der Waals surface area contributed by atoms with Gasteiger partial charge in [-0.05, 0) is 13.8 Å². The molecule has 0 aliphatic heterocycles. The number of carbonyl (C=O) groups is 3. The van der Waals surface area contributed by atoms with E-state index < -0.39 is 54.8 Å². The topological polar surface area (TPSA) is 188 Å². The number of hydrogen-bond donors (Lipinski definition) is 5. The summed E-state index contributed by atoms with van der Waals surface area (Å²) in [4.78, 5) is 33.6. The van der Waals surface area contributed by atoms with Crippen molar-refractivity contribution in [1.29, 1.82) is 0 Å². The summed E-state index contributed by atoms with van der Waals surface area (Å²) in [6, 6.07) is -3.99. The third kappa shape index (κ3) is 6.04. The van der Waals surface area contributed by atoms with Gasteiger partial charge in [0.15, 0.2) is 0 Å². The highest BCUT2D eigenvalue weighted by Crippen LogP contribution is 2.05. The fourth-order valence-corrected chi connectivity index (χ4v) is 1.15. The number of rotatable bonds is 8. The van der Waals surface area contributed by atoms with Gasteiger partial charge in [-0.2, -0.15) is 0 Å². The Morgan fingerprint density at radius 1 is 0.952 bits per heavy atom. The van der Waals surface area contributed by atoms with Gasteiger partial charge in [-0.25, -0.2) is 0 Å². The Morgan fingerprint density at radius 3 is 1.81 bits per heavy atom. The first-order valence-electron chi connectivity index (χ1n) is 6.13. The first-order chi connectivity index (χ1) is 9.61. The number of esters is 2. The molecule has 0 aromatic rings. The van der Waals surface area contributed by atoms with Gasteiger partial charge in [0, 0.05) is 0 Å². The van der Waals surface area contributed by atoms with Crippen LogP contribution in [0.3, 0.4) is 0 Å². The molecule has 8 N–H and O–H groups in total. The lowest BCUT2D eigenvalue weighted by Gasteiger charge is -2.23. The predicted molar refractivity (Wildman–Crippen MR) is 69.8 cm³/mol. The molecule has 0 aromatic heterocycles. The lowest BCUT2D eigenvalue weighted by molar-refractivity contribution is -0.161. The molecule has 0 aliphatic carbocycles. The van der Waals surface area contributed by atoms with Gasteiger partial charge in [-0.15, -0.1) is 0 Å². The van der Waals surface area contributed by atoms with Gasteiger partial charge in [0.25, 0.3) is 0 Å². The number of aliphatic carboxylic acids is 1. The second-order valence-corrected chi connectivity index (χ2v) is 4.46. The minimum Gasteiger partial charge on any atom is -0.480 e. The van der Waals surface area contributed by atoms with Crippen molar-refractivity contribution in [2.24, 2.45) is 17.2 Å². The van der Waals surface area contributed by atoms with Crippen molar-refractivity contribution in [1.82, 2.24) is 0 Å². The second kappa shape index (κ2) is 8.52. The van der Waals surface area contributed by atoms with Gasteiger partial charge in [-0.3, -0.25) is 14.4 Å². The average Bonchev–Trinajstić information content (AvgIpc) is 2.43. The summed E-state index contributed by atoms with van der Waals surface area (Å²) in [6.45, 7) is 2.01. The predicted octanol–water partition coefficient (Wildman–Crippen LogP) is -3.09. The highest BCUT2D eigenvalue weighted by atomic mass is 16.6. The maximum Gasteiger partial charge on any atom is 0.327 e. The molecule has 5 atom stereocenters. The molecule has 122 valence electrons. The molecule has 0 fully saturated rings. The van der Waals surface area contributed by atoms with Gasteiger partial charge in [0.1, 0.15) is 30.3 Å². The van der Waals surface area contributed by atoms with Crippen LogP contribution in [0.4, 0.5) is 0 Å². The number of aliphatic hydroxyl groups is 1. The summed E-state index contributed by atoms with van der Waals surface area (Å²) < 4.78 is 9.56. The fourth-order valence-electron chi connectivity index (χ4n) is 1.15. The summed E-state index contributed by atoms with van der Waals surface area (Å²) in [5.41, 5.74) is 16.0. The van der Waals surface area contributed by atoms with Crippen molar-refractivity contribution in [2.45, 2.75) is 44.2 Å². The van der Waals surface area contributed by atoms with E-state index in [4.69, 9.17) is 36.9 Å². The van der Waals surface area contributed by atoms with E-state index in [1.54, 1.807) is 0 Å². The Hall–Kier alpha value is -1.75. The molecule has 0 aromatic carbocycles. The average molecular weight is 307 g/mol. The van der Waals surface area contributed by atoms with Crippen molar-refractivity contribution < 1.29 is 34.1 Å². The number of ether oxygens (including phenoxy) is 2. The van der Waals surface area contributed by atoms with Crippen LogP contribution in [0.5, 0.6) is 0 Å². The molecule has 0 bridgehead atoms. The molecule has 0 amide bonds. The number of carboxylic acid groups (broad SMARTS) is 1. The van der Waals surface area contributed by atoms with Crippen LogP contribution >= 0.6 is 0 Å². The van der Waals surface area contributed by atoms with Gasteiger partial charge >= 0.3 is 17.9 Å².